The third-order valence-corrected chi connectivity index (χ3v) is 5.71. The number of hydrogen-bond acceptors (Lipinski definition) is 6. The normalized spacial score (nSPS) is 17.9. The number of aromatic nitrogens is 1. The van der Waals surface area contributed by atoms with Crippen molar-refractivity contribution in [3.05, 3.63) is 65.5 Å². The second kappa shape index (κ2) is 10.9. The molecule has 1 fully saturated rings. The highest BCUT2D eigenvalue weighted by Crippen LogP contribution is 2.38. The minimum Gasteiger partial charge on any atom is -0.507 e. The lowest BCUT2D eigenvalue weighted by atomic mass is 9.98. The number of amides is 1. The van der Waals surface area contributed by atoms with E-state index in [0.717, 1.165) is 26.1 Å². The van der Waals surface area contributed by atoms with Crippen LogP contribution in [-0.2, 0) is 9.59 Å². The van der Waals surface area contributed by atoms with E-state index in [1.807, 2.05) is 13.0 Å². The van der Waals surface area contributed by atoms with Crippen molar-refractivity contribution < 1.29 is 19.4 Å². The van der Waals surface area contributed by atoms with Crippen molar-refractivity contribution in [3.63, 3.8) is 0 Å². The van der Waals surface area contributed by atoms with Crippen molar-refractivity contribution in [3.8, 4) is 5.75 Å². The molecule has 0 aliphatic carbocycles. The van der Waals surface area contributed by atoms with Gasteiger partial charge < -0.3 is 19.6 Å². The summed E-state index contributed by atoms with van der Waals surface area (Å²) < 4.78 is 5.45. The zero-order valence-corrected chi connectivity index (χ0v) is 19.0. The molecule has 1 unspecified atom stereocenters. The van der Waals surface area contributed by atoms with Gasteiger partial charge in [0.1, 0.15) is 17.6 Å². The average molecular weight is 438 g/mol. The fourth-order valence-corrected chi connectivity index (χ4v) is 3.99. The lowest BCUT2D eigenvalue weighted by Gasteiger charge is -2.26. The summed E-state index contributed by atoms with van der Waals surface area (Å²) in [4.78, 5) is 34.2. The molecule has 0 spiro atoms. The number of carbonyl (C=O) groups is 2. The molecule has 2 aromatic rings. The lowest BCUT2D eigenvalue weighted by molar-refractivity contribution is -0.140. The molecule has 1 aromatic carbocycles. The van der Waals surface area contributed by atoms with Crippen molar-refractivity contribution in [1.29, 1.82) is 0 Å². The molecule has 0 radical (unpaired) electrons. The number of benzene rings is 1. The second-order valence-electron chi connectivity index (χ2n) is 7.58. The van der Waals surface area contributed by atoms with E-state index in [2.05, 4.69) is 23.7 Å². The van der Waals surface area contributed by atoms with E-state index in [0.29, 0.717) is 30.2 Å². The first kappa shape index (κ1) is 23.5. The Kier molecular flexibility index (Phi) is 8.00. The van der Waals surface area contributed by atoms with E-state index in [9.17, 15) is 14.7 Å². The van der Waals surface area contributed by atoms with E-state index < -0.39 is 17.7 Å². The number of aliphatic hydroxyl groups excluding tert-OH is 1. The van der Waals surface area contributed by atoms with Crippen LogP contribution in [0.2, 0.25) is 0 Å². The highest BCUT2D eigenvalue weighted by molar-refractivity contribution is 6.46. The quantitative estimate of drug-likeness (QED) is 0.347. The van der Waals surface area contributed by atoms with Gasteiger partial charge in [-0.15, -0.1) is 0 Å². The third-order valence-electron chi connectivity index (χ3n) is 5.71. The van der Waals surface area contributed by atoms with Gasteiger partial charge in [0.15, 0.2) is 0 Å². The van der Waals surface area contributed by atoms with E-state index >= 15 is 0 Å². The number of ether oxygens (including phenoxy) is 1. The first-order chi connectivity index (χ1) is 15.5. The van der Waals surface area contributed by atoms with Crippen LogP contribution in [0, 0.1) is 0 Å². The number of aliphatic hydroxyl groups is 1. The summed E-state index contributed by atoms with van der Waals surface area (Å²) in [6, 6.07) is 11.5. The number of rotatable bonds is 10. The fourth-order valence-electron chi connectivity index (χ4n) is 3.99. The third kappa shape index (κ3) is 4.99. The molecule has 3 rings (SSSR count). The van der Waals surface area contributed by atoms with Gasteiger partial charge in [-0.2, -0.15) is 0 Å². The molecule has 1 saturated heterocycles. The number of likely N-dealkylation sites (tertiary alicyclic amines) is 1. The predicted octanol–water partition coefficient (Wildman–Crippen LogP) is 3.63. The predicted molar refractivity (Wildman–Crippen MR) is 123 cm³/mol. The summed E-state index contributed by atoms with van der Waals surface area (Å²) in [5.74, 6) is -0.821. The summed E-state index contributed by atoms with van der Waals surface area (Å²) in [5, 5.41) is 11.1. The van der Waals surface area contributed by atoms with E-state index in [-0.39, 0.29) is 11.3 Å². The first-order valence-electron chi connectivity index (χ1n) is 11.2. The minimum absolute atomic E-state index is 0.0701. The molecule has 1 amide bonds. The Balaban J connectivity index is 1.97. The molecule has 1 aliphatic rings. The number of ketones is 1. The topological polar surface area (TPSA) is 83.0 Å². The molecule has 7 nitrogen and oxygen atoms in total. The van der Waals surface area contributed by atoms with Gasteiger partial charge in [-0.3, -0.25) is 14.6 Å². The zero-order valence-electron chi connectivity index (χ0n) is 19.0. The second-order valence-corrected chi connectivity index (χ2v) is 7.58. The SMILES string of the molecule is CCOc1ccc(/C(O)=C2/C(=O)C(=O)N(CCCN(CC)CC)C2c2ccccn2)cc1. The maximum atomic E-state index is 13.0. The van der Waals surface area contributed by atoms with Crippen LogP contribution in [0.1, 0.15) is 44.5 Å². The van der Waals surface area contributed by atoms with Gasteiger partial charge in [0.05, 0.1) is 17.9 Å². The summed E-state index contributed by atoms with van der Waals surface area (Å²) in [6.07, 6.45) is 2.35. The number of pyridine rings is 1. The Bertz CT molecular complexity index is 953. The van der Waals surface area contributed by atoms with Crippen LogP contribution in [0.25, 0.3) is 5.76 Å². The summed E-state index contributed by atoms with van der Waals surface area (Å²) in [6.45, 7) is 9.70. The molecule has 1 aliphatic heterocycles. The van der Waals surface area contributed by atoms with Crippen LogP contribution in [0.5, 0.6) is 5.75 Å². The lowest BCUT2D eigenvalue weighted by Crippen LogP contribution is -2.33. The Morgan fingerprint density at radius 3 is 2.41 bits per heavy atom. The summed E-state index contributed by atoms with van der Waals surface area (Å²) in [7, 11) is 0. The van der Waals surface area contributed by atoms with Crippen molar-refractivity contribution in [2.75, 3.05) is 32.8 Å². The van der Waals surface area contributed by atoms with Crippen molar-refractivity contribution in [2.24, 2.45) is 0 Å². The molecule has 32 heavy (non-hydrogen) atoms. The minimum atomic E-state index is -0.723. The van der Waals surface area contributed by atoms with Crippen LogP contribution in [0.3, 0.4) is 0 Å². The molecule has 7 heteroatoms. The van der Waals surface area contributed by atoms with Crippen molar-refractivity contribution >= 4 is 17.4 Å². The molecule has 170 valence electrons. The maximum Gasteiger partial charge on any atom is 0.295 e. The zero-order chi connectivity index (χ0) is 23.1. The van der Waals surface area contributed by atoms with Gasteiger partial charge in [0, 0.05) is 18.3 Å². The monoisotopic (exact) mass is 437 g/mol. The van der Waals surface area contributed by atoms with Crippen LogP contribution in [0.15, 0.2) is 54.2 Å². The summed E-state index contributed by atoms with van der Waals surface area (Å²) in [5.41, 5.74) is 1.08. The van der Waals surface area contributed by atoms with Gasteiger partial charge in [-0.25, -0.2) is 0 Å². The smallest absolute Gasteiger partial charge is 0.295 e. The highest BCUT2D eigenvalue weighted by Gasteiger charge is 2.46. The first-order valence-corrected chi connectivity index (χ1v) is 11.2. The fraction of sp³-hybridized carbons (Fsp3) is 0.400. The Hall–Kier alpha value is -3.19. The molecule has 1 atom stereocenters. The number of hydrogen-bond donors (Lipinski definition) is 1. The van der Waals surface area contributed by atoms with Crippen molar-refractivity contribution in [2.45, 2.75) is 33.2 Å². The number of Topliss-reactive ketones (excluding diaryl/α,β-unsaturated/α-hetero) is 1. The Labute approximate surface area is 189 Å². The molecular formula is C25H31N3O4. The van der Waals surface area contributed by atoms with Gasteiger partial charge in [0.2, 0.25) is 0 Å². The Morgan fingerprint density at radius 2 is 1.81 bits per heavy atom. The van der Waals surface area contributed by atoms with E-state index in [1.165, 1.54) is 4.90 Å². The average Bonchev–Trinajstić information content (AvgIpc) is 3.07. The van der Waals surface area contributed by atoms with E-state index in [1.54, 1.807) is 42.6 Å². The maximum absolute atomic E-state index is 13.0. The van der Waals surface area contributed by atoms with Gasteiger partial charge in [-0.05, 0) is 69.4 Å². The number of carbonyl (C=O) groups excluding carboxylic acids is 2. The van der Waals surface area contributed by atoms with Gasteiger partial charge in [0.25, 0.3) is 11.7 Å². The molecular weight excluding hydrogens is 406 g/mol. The van der Waals surface area contributed by atoms with Crippen LogP contribution < -0.4 is 4.74 Å². The summed E-state index contributed by atoms with van der Waals surface area (Å²) >= 11 is 0. The largest absolute Gasteiger partial charge is 0.507 e. The number of nitrogens with zero attached hydrogens (tertiary/aromatic N) is 3. The standard InChI is InChI=1S/C25H31N3O4/c1-4-27(5-2)16-9-17-28-22(20-10-7-8-15-26-20)21(24(30)25(28)31)23(29)18-11-13-19(14-12-18)32-6-3/h7-8,10-15,22,29H,4-6,9,16-17H2,1-3H3/b23-21-. The Morgan fingerprint density at radius 1 is 1.09 bits per heavy atom. The van der Waals surface area contributed by atoms with E-state index in [4.69, 9.17) is 4.74 Å². The van der Waals surface area contributed by atoms with Gasteiger partial charge >= 0.3 is 0 Å². The molecule has 2 heterocycles. The van der Waals surface area contributed by atoms with Crippen LogP contribution in [-0.4, -0.2) is 64.4 Å². The van der Waals surface area contributed by atoms with Crippen molar-refractivity contribution in [1.82, 2.24) is 14.8 Å². The highest BCUT2D eigenvalue weighted by atomic mass is 16.5. The molecule has 0 saturated carbocycles. The van der Waals surface area contributed by atoms with Crippen LogP contribution >= 0.6 is 0 Å². The van der Waals surface area contributed by atoms with Gasteiger partial charge in [-0.1, -0.05) is 19.9 Å². The molecule has 0 bridgehead atoms. The molecule has 1 N–H and O–H groups in total. The van der Waals surface area contributed by atoms with Crippen LogP contribution in [0.4, 0.5) is 0 Å². The molecule has 1 aromatic heterocycles.